The van der Waals surface area contributed by atoms with Gasteiger partial charge in [-0.3, -0.25) is 0 Å². The minimum absolute atomic E-state index is 0.349. The van der Waals surface area contributed by atoms with Gasteiger partial charge in [-0.15, -0.1) is 0 Å². The van der Waals surface area contributed by atoms with Crippen molar-refractivity contribution in [3.63, 3.8) is 0 Å². The highest BCUT2D eigenvalue weighted by molar-refractivity contribution is 5.34. The lowest BCUT2D eigenvalue weighted by Crippen LogP contribution is -2.37. The minimum Gasteiger partial charge on any atom is -0.445 e. The van der Waals surface area contributed by atoms with E-state index in [-0.39, 0.29) is 12.2 Å². The predicted octanol–water partition coefficient (Wildman–Crippen LogP) is 6.15. The van der Waals surface area contributed by atoms with E-state index in [1.165, 1.54) is 0 Å². The molecule has 1 aliphatic rings. The summed E-state index contributed by atoms with van der Waals surface area (Å²) in [5.74, 6) is 0.436. The lowest BCUT2D eigenvalue weighted by atomic mass is 10.1. The largest absolute Gasteiger partial charge is 0.445 e. The second kappa shape index (κ2) is 12.6. The zero-order chi connectivity index (χ0) is 25.3. The summed E-state index contributed by atoms with van der Waals surface area (Å²) in [7, 11) is 0. The third-order valence-corrected chi connectivity index (χ3v) is 6.28. The molecule has 0 unspecified atom stereocenters. The molecule has 0 N–H and O–H groups in total. The van der Waals surface area contributed by atoms with Gasteiger partial charge in [0.25, 0.3) is 0 Å². The molecule has 1 aliphatic heterocycles. The van der Waals surface area contributed by atoms with Gasteiger partial charge < -0.3 is 23.4 Å². The molecule has 4 aromatic rings. The van der Waals surface area contributed by atoms with Crippen LogP contribution in [-0.2, 0) is 38.8 Å². The molecule has 0 aliphatic carbocycles. The molecule has 6 heteroatoms. The Balaban J connectivity index is 1.37. The average Bonchev–Trinajstić information content (AvgIpc) is 3.57. The molecule has 0 amide bonds. The second-order valence-electron chi connectivity index (χ2n) is 8.93. The zero-order valence-electron chi connectivity index (χ0n) is 20.6. The van der Waals surface area contributed by atoms with E-state index in [1.807, 2.05) is 91.0 Å². The minimum atomic E-state index is -0.479. The van der Waals surface area contributed by atoms with Gasteiger partial charge in [-0.05, 0) is 22.8 Å². The third kappa shape index (κ3) is 6.61. The van der Waals surface area contributed by atoms with E-state index in [9.17, 15) is 0 Å². The van der Waals surface area contributed by atoms with Gasteiger partial charge in [0.2, 0.25) is 5.89 Å². The molecule has 5 rings (SSSR count). The topological polar surface area (TPSA) is 63.0 Å². The van der Waals surface area contributed by atoms with Gasteiger partial charge in [-0.2, -0.15) is 0 Å². The van der Waals surface area contributed by atoms with Crippen molar-refractivity contribution < 1.29 is 23.4 Å². The van der Waals surface area contributed by atoms with Crippen LogP contribution in [0.5, 0.6) is 0 Å². The van der Waals surface area contributed by atoms with E-state index in [4.69, 9.17) is 23.4 Å². The van der Waals surface area contributed by atoms with Crippen molar-refractivity contribution in [2.24, 2.45) is 0 Å². The molecule has 1 aromatic heterocycles. The Labute approximate surface area is 217 Å². The molecule has 190 valence electrons. The molecule has 0 bridgehead atoms. The van der Waals surface area contributed by atoms with Crippen LogP contribution in [0.4, 0.5) is 0 Å². The molecular formula is C31H31NO5. The quantitative estimate of drug-likeness (QED) is 0.234. The Hall–Kier alpha value is -3.55. The Morgan fingerprint density at radius 3 is 1.81 bits per heavy atom. The van der Waals surface area contributed by atoms with Crippen LogP contribution in [0.2, 0.25) is 0 Å². The monoisotopic (exact) mass is 497 g/mol. The first-order valence-electron chi connectivity index (χ1n) is 12.5. The van der Waals surface area contributed by atoms with Crippen LogP contribution in [0.1, 0.15) is 34.4 Å². The summed E-state index contributed by atoms with van der Waals surface area (Å²) >= 11 is 0. The molecule has 1 fully saturated rings. The van der Waals surface area contributed by atoms with Crippen molar-refractivity contribution in [2.75, 3.05) is 6.61 Å². The summed E-state index contributed by atoms with van der Waals surface area (Å²) in [6.07, 6.45) is 1.53. The standard InChI is InChI=1S/C31H31NO5/c1-2-28-32-26(21-34-28)29-31(36-20-25-16-10-5-11-17-25)30(35-19-24-14-8-4-9-15-24)27(37-29)22-33-18-23-12-6-3-7-13-23/h2-17,21,27,29-31H,1,18-20,22H2/t27-,29+,30-,31+/m1/s1. The number of oxazole rings is 1. The van der Waals surface area contributed by atoms with Crippen LogP contribution >= 0.6 is 0 Å². The van der Waals surface area contributed by atoms with Gasteiger partial charge in [0.05, 0.1) is 26.4 Å². The van der Waals surface area contributed by atoms with Crippen molar-refractivity contribution in [1.29, 1.82) is 0 Å². The molecule has 2 heterocycles. The first kappa shape index (κ1) is 25.1. The first-order valence-corrected chi connectivity index (χ1v) is 12.5. The summed E-state index contributed by atoms with van der Waals surface area (Å²) in [5, 5.41) is 0. The highest BCUT2D eigenvalue weighted by atomic mass is 16.6. The van der Waals surface area contributed by atoms with E-state index >= 15 is 0 Å². The number of ether oxygens (including phenoxy) is 4. The number of hydrogen-bond acceptors (Lipinski definition) is 6. The Morgan fingerprint density at radius 1 is 0.730 bits per heavy atom. The molecule has 3 aromatic carbocycles. The Kier molecular flexibility index (Phi) is 8.56. The van der Waals surface area contributed by atoms with Gasteiger partial charge in [-0.25, -0.2) is 4.98 Å². The molecule has 0 spiro atoms. The third-order valence-electron chi connectivity index (χ3n) is 6.28. The fourth-order valence-corrected chi connectivity index (χ4v) is 4.41. The summed E-state index contributed by atoms with van der Waals surface area (Å²) < 4.78 is 31.1. The van der Waals surface area contributed by atoms with Gasteiger partial charge in [0, 0.05) is 0 Å². The van der Waals surface area contributed by atoms with Crippen LogP contribution in [-0.4, -0.2) is 29.9 Å². The Bertz CT molecular complexity index is 1230. The fourth-order valence-electron chi connectivity index (χ4n) is 4.41. The van der Waals surface area contributed by atoms with Crippen molar-refractivity contribution in [1.82, 2.24) is 4.98 Å². The van der Waals surface area contributed by atoms with Crippen molar-refractivity contribution >= 4 is 6.08 Å². The van der Waals surface area contributed by atoms with Crippen LogP contribution < -0.4 is 0 Å². The number of nitrogens with zero attached hydrogens (tertiary/aromatic N) is 1. The first-order chi connectivity index (χ1) is 18.3. The maximum atomic E-state index is 6.51. The molecular weight excluding hydrogens is 466 g/mol. The summed E-state index contributed by atoms with van der Waals surface area (Å²) in [5.41, 5.74) is 3.89. The highest BCUT2D eigenvalue weighted by Crippen LogP contribution is 2.38. The number of rotatable bonds is 12. The molecule has 37 heavy (non-hydrogen) atoms. The van der Waals surface area contributed by atoms with Crippen LogP contribution in [0.25, 0.3) is 6.08 Å². The molecule has 1 saturated heterocycles. The van der Waals surface area contributed by atoms with E-state index in [1.54, 1.807) is 12.3 Å². The zero-order valence-corrected chi connectivity index (χ0v) is 20.6. The average molecular weight is 498 g/mol. The summed E-state index contributed by atoms with van der Waals surface area (Å²) in [4.78, 5) is 4.54. The van der Waals surface area contributed by atoms with E-state index in [0.29, 0.717) is 38.0 Å². The maximum absolute atomic E-state index is 6.51. The lowest BCUT2D eigenvalue weighted by Gasteiger charge is -2.25. The smallest absolute Gasteiger partial charge is 0.218 e. The fraction of sp³-hybridized carbons (Fsp3) is 0.258. The number of hydrogen-bond donors (Lipinski definition) is 0. The lowest BCUT2D eigenvalue weighted by molar-refractivity contribution is -0.0898. The molecule has 0 saturated carbocycles. The predicted molar refractivity (Wildman–Crippen MR) is 140 cm³/mol. The molecule has 4 atom stereocenters. The summed E-state index contributed by atoms with van der Waals surface area (Å²) in [6, 6.07) is 30.2. The highest BCUT2D eigenvalue weighted by Gasteiger charge is 2.48. The van der Waals surface area contributed by atoms with Crippen molar-refractivity contribution in [3.8, 4) is 0 Å². The Morgan fingerprint density at radius 2 is 1.27 bits per heavy atom. The van der Waals surface area contributed by atoms with E-state index < -0.39 is 12.2 Å². The van der Waals surface area contributed by atoms with Crippen LogP contribution in [0.3, 0.4) is 0 Å². The van der Waals surface area contributed by atoms with Crippen molar-refractivity contribution in [3.05, 3.63) is 132 Å². The number of aromatic nitrogens is 1. The molecule has 0 radical (unpaired) electrons. The second-order valence-corrected chi connectivity index (χ2v) is 8.93. The maximum Gasteiger partial charge on any atom is 0.218 e. The molecule has 6 nitrogen and oxygen atoms in total. The normalized spacial score (nSPS) is 21.2. The number of benzene rings is 3. The van der Waals surface area contributed by atoms with Crippen LogP contribution in [0, 0.1) is 0 Å². The van der Waals surface area contributed by atoms with E-state index in [2.05, 4.69) is 11.6 Å². The van der Waals surface area contributed by atoms with Gasteiger partial charge in [0.1, 0.15) is 36.4 Å². The van der Waals surface area contributed by atoms with Crippen LogP contribution in [0.15, 0.2) is 108 Å². The van der Waals surface area contributed by atoms with Gasteiger partial charge in [0.15, 0.2) is 0 Å². The van der Waals surface area contributed by atoms with Gasteiger partial charge in [-0.1, -0.05) is 97.6 Å². The summed E-state index contributed by atoms with van der Waals surface area (Å²) in [6.45, 7) is 5.43. The van der Waals surface area contributed by atoms with Crippen molar-refractivity contribution in [2.45, 2.75) is 44.2 Å². The van der Waals surface area contributed by atoms with Gasteiger partial charge >= 0.3 is 0 Å². The van der Waals surface area contributed by atoms with E-state index in [0.717, 1.165) is 16.7 Å². The SMILES string of the molecule is C=Cc1nc([C@@H]2O[C@H](COCc3ccccc3)[C@@H](OCc3ccccc3)[C@H]2OCc2ccccc2)co1.